The molecule has 10 heteroatoms. The molecule has 4 atom stereocenters. The van der Waals surface area contributed by atoms with E-state index in [1.807, 2.05) is 38.1 Å². The molecule has 0 spiro atoms. The third-order valence-electron chi connectivity index (χ3n) is 7.36. The number of carbonyl (C=O) groups excluding carboxylic acids is 2. The summed E-state index contributed by atoms with van der Waals surface area (Å²) < 4.78 is 33.5. The van der Waals surface area contributed by atoms with Gasteiger partial charge in [0.1, 0.15) is 16.9 Å². The van der Waals surface area contributed by atoms with Gasteiger partial charge in [0.25, 0.3) is 0 Å². The number of hydrogen-bond donors (Lipinski definition) is 0. The van der Waals surface area contributed by atoms with E-state index < -0.39 is 41.6 Å². The lowest BCUT2D eigenvalue weighted by atomic mass is 9.81. The first-order valence-electron chi connectivity index (χ1n) is 12.8. The molecule has 0 radical (unpaired) electrons. The Hall–Kier alpha value is -4.08. The van der Waals surface area contributed by atoms with Gasteiger partial charge >= 0.3 is 11.9 Å². The zero-order valence-corrected chi connectivity index (χ0v) is 23.0. The van der Waals surface area contributed by atoms with E-state index in [0.717, 1.165) is 11.1 Å². The van der Waals surface area contributed by atoms with Crippen molar-refractivity contribution in [2.24, 2.45) is 15.4 Å². The highest BCUT2D eigenvalue weighted by molar-refractivity contribution is 6.08. The summed E-state index contributed by atoms with van der Waals surface area (Å²) in [7, 11) is 5.80. The molecule has 0 saturated carbocycles. The van der Waals surface area contributed by atoms with E-state index in [2.05, 4.69) is 0 Å². The van der Waals surface area contributed by atoms with E-state index in [4.69, 9.17) is 38.4 Å². The van der Waals surface area contributed by atoms with Gasteiger partial charge in [-0.2, -0.15) is 0 Å². The van der Waals surface area contributed by atoms with Crippen LogP contribution in [0, 0.1) is 5.41 Å². The van der Waals surface area contributed by atoms with E-state index >= 15 is 0 Å². The van der Waals surface area contributed by atoms with Crippen molar-refractivity contribution in [3.05, 3.63) is 59.7 Å². The van der Waals surface area contributed by atoms with Gasteiger partial charge in [0, 0.05) is 0 Å². The second-order valence-electron chi connectivity index (χ2n) is 9.22. The molecule has 0 aromatic heterocycles. The zero-order valence-electron chi connectivity index (χ0n) is 23.0. The fourth-order valence-corrected chi connectivity index (χ4v) is 4.92. The molecule has 2 heterocycles. The Morgan fingerprint density at radius 3 is 1.33 bits per heavy atom. The molecule has 4 rings (SSSR count). The molecule has 0 fully saturated rings. The van der Waals surface area contributed by atoms with Crippen LogP contribution in [0.15, 0.2) is 58.5 Å². The molecule has 0 unspecified atom stereocenters. The molecule has 0 saturated heterocycles. The van der Waals surface area contributed by atoms with E-state index in [1.54, 1.807) is 38.5 Å². The van der Waals surface area contributed by atoms with Gasteiger partial charge < -0.3 is 28.4 Å². The van der Waals surface area contributed by atoms with Crippen LogP contribution in [0.1, 0.15) is 50.0 Å². The maximum absolute atomic E-state index is 12.8. The highest BCUT2D eigenvalue weighted by Gasteiger charge is 2.53. The summed E-state index contributed by atoms with van der Waals surface area (Å²) in [6.45, 7) is 3.92. The molecule has 2 aromatic rings. The Bertz CT molecular complexity index is 1140. The Kier molecular flexibility index (Phi) is 8.42. The Morgan fingerprint density at radius 2 is 1.05 bits per heavy atom. The van der Waals surface area contributed by atoms with Crippen LogP contribution in [0.25, 0.3) is 0 Å². The van der Waals surface area contributed by atoms with Crippen molar-refractivity contribution in [2.45, 2.75) is 51.0 Å². The molecular weight excluding hydrogens is 504 g/mol. The fourth-order valence-electron chi connectivity index (χ4n) is 4.92. The number of methoxy groups -OCH3 is 4. The lowest BCUT2D eigenvalue weighted by Crippen LogP contribution is -2.39. The van der Waals surface area contributed by atoms with Crippen LogP contribution in [-0.2, 0) is 28.5 Å². The van der Waals surface area contributed by atoms with Crippen LogP contribution >= 0.6 is 0 Å². The summed E-state index contributed by atoms with van der Waals surface area (Å²) >= 11 is 0. The van der Waals surface area contributed by atoms with Crippen LogP contribution in [0.4, 0.5) is 0 Å². The van der Waals surface area contributed by atoms with Gasteiger partial charge in [-0.1, -0.05) is 38.1 Å². The van der Waals surface area contributed by atoms with Gasteiger partial charge in [0.05, 0.1) is 28.4 Å². The maximum Gasteiger partial charge on any atom is 0.335 e. The van der Waals surface area contributed by atoms with Gasteiger partial charge in [-0.25, -0.2) is 19.6 Å². The maximum atomic E-state index is 12.8. The number of rotatable bonds is 10. The number of nitrogens with zero attached hydrogens (tertiary/aromatic N) is 2. The minimum Gasteiger partial charge on any atom is -0.497 e. The highest BCUT2D eigenvalue weighted by atomic mass is 16.6. The molecule has 0 aliphatic carbocycles. The standard InChI is InChI=1S/C29H34N2O8/c1-7-29(8-2,27-30-21(25(32)36-5)23(38-27)17-9-13-19(34-3)14-10-17)28-31-22(26(33)37-6)24(39-28)18-11-15-20(35-4)16-12-18/h9-16,21-24H,7-8H2,1-6H3/t21-,22-,23-,24+/m0/s1. The molecule has 39 heavy (non-hydrogen) atoms. The summed E-state index contributed by atoms with van der Waals surface area (Å²) in [4.78, 5) is 35.0. The third-order valence-corrected chi connectivity index (χ3v) is 7.36. The summed E-state index contributed by atoms with van der Waals surface area (Å²) in [5.74, 6) is 0.921. The van der Waals surface area contributed by atoms with Gasteiger partial charge in [0.2, 0.25) is 11.8 Å². The van der Waals surface area contributed by atoms with Gasteiger partial charge in [0.15, 0.2) is 24.3 Å². The lowest BCUT2D eigenvalue weighted by molar-refractivity contribution is -0.144. The van der Waals surface area contributed by atoms with Crippen LogP contribution in [0.3, 0.4) is 0 Å². The van der Waals surface area contributed by atoms with Crippen LogP contribution < -0.4 is 9.47 Å². The molecular formula is C29H34N2O8. The third kappa shape index (κ3) is 5.15. The number of ether oxygens (including phenoxy) is 6. The van der Waals surface area contributed by atoms with E-state index in [0.29, 0.717) is 36.1 Å². The largest absolute Gasteiger partial charge is 0.497 e. The number of carbonyl (C=O) groups is 2. The molecule has 0 amide bonds. The van der Waals surface area contributed by atoms with Crippen LogP contribution in [0.2, 0.25) is 0 Å². The van der Waals surface area contributed by atoms with E-state index in [-0.39, 0.29) is 0 Å². The molecule has 0 N–H and O–H groups in total. The number of aliphatic imine (C=N–C) groups is 2. The minimum absolute atomic E-state index is 0.307. The monoisotopic (exact) mass is 538 g/mol. The van der Waals surface area contributed by atoms with Gasteiger partial charge in [-0.15, -0.1) is 0 Å². The van der Waals surface area contributed by atoms with Crippen molar-refractivity contribution >= 4 is 23.7 Å². The molecule has 0 bridgehead atoms. The molecule has 2 aromatic carbocycles. The van der Waals surface area contributed by atoms with Crippen molar-refractivity contribution in [3.63, 3.8) is 0 Å². The molecule has 2 aliphatic rings. The average Bonchev–Trinajstić information content (AvgIpc) is 3.64. The fraction of sp³-hybridized carbons (Fsp3) is 0.448. The zero-order chi connectivity index (χ0) is 28.2. The van der Waals surface area contributed by atoms with Crippen molar-refractivity contribution in [1.29, 1.82) is 0 Å². The first kappa shape index (κ1) is 27.9. The topological polar surface area (TPSA) is 114 Å². The van der Waals surface area contributed by atoms with Crippen molar-refractivity contribution in [1.82, 2.24) is 0 Å². The summed E-state index contributed by atoms with van der Waals surface area (Å²) in [5.41, 5.74) is 0.550. The summed E-state index contributed by atoms with van der Waals surface area (Å²) in [6.07, 6.45) is -0.445. The Morgan fingerprint density at radius 1 is 0.692 bits per heavy atom. The average molecular weight is 539 g/mol. The predicted molar refractivity (Wildman–Crippen MR) is 143 cm³/mol. The first-order valence-corrected chi connectivity index (χ1v) is 12.8. The minimum atomic E-state index is -0.930. The van der Waals surface area contributed by atoms with Crippen molar-refractivity contribution in [3.8, 4) is 11.5 Å². The van der Waals surface area contributed by atoms with Gasteiger partial charge in [-0.05, 0) is 48.2 Å². The number of esters is 2. The summed E-state index contributed by atoms with van der Waals surface area (Å²) in [6, 6.07) is 12.6. The van der Waals surface area contributed by atoms with E-state index in [1.165, 1.54) is 14.2 Å². The number of hydrogen-bond acceptors (Lipinski definition) is 10. The lowest BCUT2D eigenvalue weighted by Gasteiger charge is -2.31. The Labute approximate surface area is 227 Å². The van der Waals surface area contributed by atoms with Crippen LogP contribution in [-0.4, -0.2) is 64.3 Å². The Balaban J connectivity index is 1.72. The smallest absolute Gasteiger partial charge is 0.335 e. The SMILES string of the molecule is CCC(CC)(C1=N[C@H](C(=O)OC)[C@@H](c2ccc(OC)cc2)O1)C1=N[C@H](C(=O)OC)[C@H](c2ccc(OC)cc2)O1. The first-order chi connectivity index (χ1) is 18.8. The van der Waals surface area contributed by atoms with Crippen molar-refractivity contribution in [2.75, 3.05) is 28.4 Å². The predicted octanol–water partition coefficient (Wildman–Crippen LogP) is 4.23. The summed E-state index contributed by atoms with van der Waals surface area (Å²) in [5, 5.41) is 0. The van der Waals surface area contributed by atoms with Crippen molar-refractivity contribution < 1.29 is 38.0 Å². The van der Waals surface area contributed by atoms with Crippen LogP contribution in [0.5, 0.6) is 11.5 Å². The normalized spacial score (nSPS) is 22.2. The molecule has 2 aliphatic heterocycles. The number of benzene rings is 2. The second-order valence-corrected chi connectivity index (χ2v) is 9.22. The molecule has 208 valence electrons. The second kappa shape index (κ2) is 11.8. The van der Waals surface area contributed by atoms with Gasteiger partial charge in [-0.3, -0.25) is 0 Å². The van der Waals surface area contributed by atoms with E-state index in [9.17, 15) is 9.59 Å². The quantitative estimate of drug-likeness (QED) is 0.413. The highest BCUT2D eigenvalue weighted by Crippen LogP contribution is 2.44. The molecule has 10 nitrogen and oxygen atoms in total.